The van der Waals surface area contributed by atoms with Gasteiger partial charge in [-0.25, -0.2) is 0 Å². The first-order valence-corrected chi connectivity index (χ1v) is 36.1. The Morgan fingerprint density at radius 2 is 0.707 bits per heavy atom. The highest BCUT2D eigenvalue weighted by Crippen LogP contribution is 2.24. The van der Waals surface area contributed by atoms with Crippen LogP contribution in [0.25, 0.3) is 0 Å². The fraction of sp³-hybridized carbons (Fsp3) is 0.958. The Hall–Kier alpha value is -1.15. The average molecular weight is 1170 g/mol. The summed E-state index contributed by atoms with van der Waals surface area (Å²) in [5.41, 5.74) is 0. The summed E-state index contributed by atoms with van der Waals surface area (Å²) in [4.78, 5) is 13.3. The van der Waals surface area contributed by atoms with Crippen molar-refractivity contribution in [3.8, 4) is 0 Å². The molecular weight excluding hydrogens is 1030 g/mol. The number of carbonyl (C=O) groups is 1. The third-order valence-corrected chi connectivity index (χ3v) is 17.8. The molecular formula is C71H139NO10. The second kappa shape index (κ2) is 60.1. The molecule has 0 bridgehead atoms. The van der Waals surface area contributed by atoms with Gasteiger partial charge in [0.25, 0.3) is 0 Å². The highest BCUT2D eigenvalue weighted by Gasteiger charge is 2.44. The number of allylic oxidation sites excluding steroid dienone is 2. The summed E-state index contributed by atoms with van der Waals surface area (Å²) in [5, 5.41) is 76.6. The smallest absolute Gasteiger partial charge is 0.249 e. The van der Waals surface area contributed by atoms with E-state index in [-0.39, 0.29) is 6.42 Å². The van der Waals surface area contributed by atoms with E-state index in [1.54, 1.807) is 0 Å². The van der Waals surface area contributed by atoms with Gasteiger partial charge in [-0.05, 0) is 38.5 Å². The van der Waals surface area contributed by atoms with E-state index in [0.29, 0.717) is 19.3 Å². The Labute approximate surface area is 506 Å². The van der Waals surface area contributed by atoms with Gasteiger partial charge in [-0.15, -0.1) is 0 Å². The fourth-order valence-electron chi connectivity index (χ4n) is 12.0. The normalized spacial score (nSPS) is 19.1. The number of rotatable bonds is 64. The molecule has 9 atom stereocenters. The van der Waals surface area contributed by atoms with Gasteiger partial charge in [0.15, 0.2) is 6.29 Å². The standard InChI is InChI=1S/C71H139NO10/c1-3-5-7-9-11-13-15-17-19-21-23-25-27-29-30-31-32-33-34-35-37-39-41-43-45-47-49-51-53-55-57-59-64(75)70(80)72-62(61-81-71-69(79)68(78)67(77)65(60-73)82-71)66(76)63(74)58-56-54-52-50-48-46-44-42-40-38-36-28-26-24-22-20-18-16-14-12-10-8-6-4-2/h29-30,62-69,71,73-79H,3-28,31-61H2,1-2H3,(H,72,80)/b30-29-. The molecule has 0 aromatic heterocycles. The predicted octanol–water partition coefficient (Wildman–Crippen LogP) is 17.4. The molecule has 1 heterocycles. The van der Waals surface area contributed by atoms with Gasteiger partial charge in [0.05, 0.1) is 25.4 Å². The molecule has 1 saturated heterocycles. The lowest BCUT2D eigenvalue weighted by Crippen LogP contribution is -2.60. The largest absolute Gasteiger partial charge is 0.394 e. The van der Waals surface area contributed by atoms with E-state index in [2.05, 4.69) is 31.3 Å². The number of nitrogens with one attached hydrogen (secondary N) is 1. The monoisotopic (exact) mass is 1170 g/mol. The Kier molecular flexibility index (Phi) is 57.8. The summed E-state index contributed by atoms with van der Waals surface area (Å²) < 4.78 is 11.2. The van der Waals surface area contributed by atoms with E-state index < -0.39 is 74.2 Å². The van der Waals surface area contributed by atoms with E-state index in [1.807, 2.05) is 0 Å². The quantitative estimate of drug-likeness (QED) is 0.0215. The molecule has 0 aromatic carbocycles. The Balaban J connectivity index is 2.17. The Bertz CT molecular complexity index is 1340. The molecule has 0 aliphatic carbocycles. The lowest BCUT2D eigenvalue weighted by molar-refractivity contribution is -0.303. The molecule has 11 heteroatoms. The molecule has 0 spiro atoms. The highest BCUT2D eigenvalue weighted by molar-refractivity contribution is 5.80. The zero-order valence-electron chi connectivity index (χ0n) is 54.0. The minimum Gasteiger partial charge on any atom is -0.394 e. The van der Waals surface area contributed by atoms with Crippen LogP contribution in [0.5, 0.6) is 0 Å². The zero-order chi connectivity index (χ0) is 59.6. The summed E-state index contributed by atoms with van der Waals surface area (Å²) in [6.07, 6.45) is 63.0. The number of aliphatic hydroxyl groups excluding tert-OH is 7. The van der Waals surface area contributed by atoms with Crippen molar-refractivity contribution in [1.82, 2.24) is 5.32 Å². The molecule has 82 heavy (non-hydrogen) atoms. The van der Waals surface area contributed by atoms with Gasteiger partial charge >= 0.3 is 0 Å². The minimum atomic E-state index is -1.66. The SMILES string of the molecule is CCCCCCCCCCCCCC/C=C\CCCCCCCCCCCCCCCCCC(O)C(=O)NC(COC1OC(CO)C(O)C(O)C1O)C(O)C(O)CCCCCCCCCCCCCCCCCCCCCCCCCC. The van der Waals surface area contributed by atoms with Crippen LogP contribution < -0.4 is 5.32 Å². The molecule has 1 aliphatic rings. The summed E-state index contributed by atoms with van der Waals surface area (Å²) in [5.74, 6) is -0.688. The number of aliphatic hydroxyl groups is 7. The van der Waals surface area contributed by atoms with Crippen molar-refractivity contribution in [2.45, 2.75) is 422 Å². The van der Waals surface area contributed by atoms with Crippen molar-refractivity contribution in [3.63, 3.8) is 0 Å². The van der Waals surface area contributed by atoms with Gasteiger partial charge in [0.2, 0.25) is 5.91 Å². The van der Waals surface area contributed by atoms with E-state index in [0.717, 1.165) is 38.5 Å². The topological polar surface area (TPSA) is 189 Å². The lowest BCUT2D eigenvalue weighted by Gasteiger charge is -2.40. The third-order valence-electron chi connectivity index (χ3n) is 17.8. The van der Waals surface area contributed by atoms with Crippen molar-refractivity contribution in [2.75, 3.05) is 13.2 Å². The molecule has 0 saturated carbocycles. The first-order valence-electron chi connectivity index (χ1n) is 36.1. The van der Waals surface area contributed by atoms with Crippen LogP contribution in [-0.2, 0) is 14.3 Å². The molecule has 9 unspecified atom stereocenters. The van der Waals surface area contributed by atoms with E-state index in [1.165, 1.54) is 289 Å². The predicted molar refractivity (Wildman–Crippen MR) is 344 cm³/mol. The first-order chi connectivity index (χ1) is 40.2. The van der Waals surface area contributed by atoms with Crippen molar-refractivity contribution < 1.29 is 50.0 Å². The van der Waals surface area contributed by atoms with Crippen molar-refractivity contribution >= 4 is 5.91 Å². The number of unbranched alkanes of at least 4 members (excludes halogenated alkanes) is 50. The van der Waals surface area contributed by atoms with Crippen LogP contribution in [0.1, 0.15) is 367 Å². The van der Waals surface area contributed by atoms with Gasteiger partial charge < -0.3 is 50.5 Å². The number of carbonyl (C=O) groups excluding carboxylic acids is 1. The van der Waals surface area contributed by atoms with E-state index in [9.17, 15) is 40.5 Å². The van der Waals surface area contributed by atoms with Crippen LogP contribution in [0.4, 0.5) is 0 Å². The van der Waals surface area contributed by atoms with Crippen LogP contribution in [0, 0.1) is 0 Å². The molecule has 0 aromatic rings. The first kappa shape index (κ1) is 78.9. The maximum atomic E-state index is 13.3. The summed E-state index contributed by atoms with van der Waals surface area (Å²) in [7, 11) is 0. The van der Waals surface area contributed by atoms with E-state index in [4.69, 9.17) is 9.47 Å². The zero-order valence-corrected chi connectivity index (χ0v) is 54.0. The Morgan fingerprint density at radius 3 is 1.02 bits per heavy atom. The second-order valence-corrected chi connectivity index (χ2v) is 25.7. The number of amides is 1. The molecule has 8 N–H and O–H groups in total. The molecule has 11 nitrogen and oxygen atoms in total. The van der Waals surface area contributed by atoms with Crippen LogP contribution in [0.15, 0.2) is 12.2 Å². The molecule has 1 amide bonds. The van der Waals surface area contributed by atoms with Crippen LogP contribution in [0.2, 0.25) is 0 Å². The van der Waals surface area contributed by atoms with Gasteiger partial charge in [-0.2, -0.15) is 0 Å². The second-order valence-electron chi connectivity index (χ2n) is 25.7. The highest BCUT2D eigenvalue weighted by atomic mass is 16.7. The van der Waals surface area contributed by atoms with Gasteiger partial charge in [-0.3, -0.25) is 4.79 Å². The van der Waals surface area contributed by atoms with Gasteiger partial charge in [0.1, 0.15) is 36.6 Å². The molecule has 0 radical (unpaired) electrons. The fourth-order valence-corrected chi connectivity index (χ4v) is 12.0. The van der Waals surface area contributed by atoms with Crippen LogP contribution >= 0.6 is 0 Å². The average Bonchev–Trinajstić information content (AvgIpc) is 3.53. The molecule has 488 valence electrons. The Morgan fingerprint density at radius 1 is 0.415 bits per heavy atom. The van der Waals surface area contributed by atoms with Crippen molar-refractivity contribution in [2.24, 2.45) is 0 Å². The summed E-state index contributed by atoms with van der Waals surface area (Å²) >= 11 is 0. The minimum absolute atomic E-state index is 0.265. The number of hydrogen-bond donors (Lipinski definition) is 8. The van der Waals surface area contributed by atoms with E-state index >= 15 is 0 Å². The number of ether oxygens (including phenoxy) is 2. The third kappa shape index (κ3) is 47.0. The summed E-state index contributed by atoms with van der Waals surface area (Å²) in [6, 6.07) is -1.17. The van der Waals surface area contributed by atoms with Crippen molar-refractivity contribution in [1.29, 1.82) is 0 Å². The van der Waals surface area contributed by atoms with Crippen LogP contribution in [0.3, 0.4) is 0 Å². The molecule has 1 aliphatic heterocycles. The van der Waals surface area contributed by atoms with Crippen LogP contribution in [-0.4, -0.2) is 110 Å². The number of hydrogen-bond acceptors (Lipinski definition) is 10. The maximum Gasteiger partial charge on any atom is 0.249 e. The maximum absolute atomic E-state index is 13.3. The van der Waals surface area contributed by atoms with Gasteiger partial charge in [0, 0.05) is 0 Å². The van der Waals surface area contributed by atoms with Gasteiger partial charge in [-0.1, -0.05) is 341 Å². The lowest BCUT2D eigenvalue weighted by atomic mass is 9.98. The van der Waals surface area contributed by atoms with Crippen molar-refractivity contribution in [3.05, 3.63) is 12.2 Å². The summed E-state index contributed by atoms with van der Waals surface area (Å²) in [6.45, 7) is 3.53. The molecule has 1 rings (SSSR count). The molecule has 1 fully saturated rings.